The van der Waals surface area contributed by atoms with Crippen LogP contribution in [0.2, 0.25) is 0 Å². The summed E-state index contributed by atoms with van der Waals surface area (Å²) in [7, 11) is 1.63. The molecule has 3 fully saturated rings. The Morgan fingerprint density at radius 3 is 2.68 bits per heavy atom. The average molecular weight is 415 g/mol. The molecule has 0 spiro atoms. The molecule has 158 valence electrons. The smallest absolute Gasteiger partial charge is 0.261 e. The first-order chi connectivity index (χ1) is 15.2. The van der Waals surface area contributed by atoms with Crippen LogP contribution < -0.4 is 15.6 Å². The van der Waals surface area contributed by atoms with Crippen molar-refractivity contribution >= 4 is 27.6 Å². The molecule has 3 saturated heterocycles. The number of H-pyrrole nitrogens is 2. The van der Waals surface area contributed by atoms with Gasteiger partial charge in [-0.2, -0.15) is 0 Å². The number of fused-ring (bicyclic) bond motifs is 5. The summed E-state index contributed by atoms with van der Waals surface area (Å²) < 4.78 is 5.38. The van der Waals surface area contributed by atoms with Crippen molar-refractivity contribution in [3.63, 3.8) is 0 Å². The average Bonchev–Trinajstić information content (AvgIpc) is 3.23. The number of pyridine rings is 1. The van der Waals surface area contributed by atoms with Crippen molar-refractivity contribution in [3.05, 3.63) is 52.8 Å². The lowest BCUT2D eigenvalue weighted by Gasteiger charge is -2.45. The Morgan fingerprint density at radius 2 is 1.94 bits per heavy atom. The van der Waals surface area contributed by atoms with E-state index in [9.17, 15) is 4.79 Å². The summed E-state index contributed by atoms with van der Waals surface area (Å²) >= 11 is 0. The van der Waals surface area contributed by atoms with Gasteiger partial charge in [-0.1, -0.05) is 12.1 Å². The summed E-state index contributed by atoms with van der Waals surface area (Å²) in [5, 5.41) is 4.75. The third kappa shape index (κ3) is 3.08. The number of benzene rings is 2. The lowest BCUT2D eigenvalue weighted by molar-refractivity contribution is 0.0976. The van der Waals surface area contributed by atoms with Crippen LogP contribution in [0.15, 0.2) is 47.3 Å². The van der Waals surface area contributed by atoms with Gasteiger partial charge < -0.3 is 24.9 Å². The van der Waals surface area contributed by atoms with E-state index in [0.29, 0.717) is 29.1 Å². The van der Waals surface area contributed by atoms with E-state index in [4.69, 9.17) is 9.72 Å². The number of hydrogen-bond donors (Lipinski definition) is 3. The number of hydrogen-bond acceptors (Lipinski definition) is 5. The predicted octanol–water partition coefficient (Wildman–Crippen LogP) is 3.59. The number of aromatic amines is 2. The molecule has 7 heteroatoms. The van der Waals surface area contributed by atoms with Gasteiger partial charge in [0.15, 0.2) is 0 Å². The van der Waals surface area contributed by atoms with Crippen molar-refractivity contribution < 1.29 is 4.74 Å². The fourth-order valence-corrected chi connectivity index (χ4v) is 5.17. The normalized spacial score (nSPS) is 22.8. The molecule has 2 bridgehead atoms. The number of piperidine rings is 3. The van der Waals surface area contributed by atoms with Gasteiger partial charge in [0, 0.05) is 24.0 Å². The van der Waals surface area contributed by atoms with Crippen molar-refractivity contribution in [1.82, 2.24) is 19.9 Å². The van der Waals surface area contributed by atoms with E-state index in [1.807, 2.05) is 42.5 Å². The van der Waals surface area contributed by atoms with Crippen LogP contribution in [-0.4, -0.2) is 52.6 Å². The third-order valence-electron chi connectivity index (χ3n) is 6.83. The maximum atomic E-state index is 13.3. The molecule has 7 rings (SSSR count). The summed E-state index contributed by atoms with van der Waals surface area (Å²) in [5.41, 5.74) is 3.77. The summed E-state index contributed by atoms with van der Waals surface area (Å²) in [6.07, 6.45) is 2.40. The number of ether oxygens (including phenoxy) is 1. The van der Waals surface area contributed by atoms with Crippen LogP contribution in [0.4, 0.5) is 5.69 Å². The number of anilines is 1. The van der Waals surface area contributed by atoms with Crippen LogP contribution >= 0.6 is 0 Å². The van der Waals surface area contributed by atoms with Crippen molar-refractivity contribution in [2.45, 2.75) is 18.9 Å². The lowest BCUT2D eigenvalue weighted by Crippen LogP contribution is -2.53. The highest BCUT2D eigenvalue weighted by atomic mass is 16.5. The van der Waals surface area contributed by atoms with E-state index >= 15 is 0 Å². The quantitative estimate of drug-likeness (QED) is 0.474. The van der Waals surface area contributed by atoms with Gasteiger partial charge in [-0.05, 0) is 56.1 Å². The summed E-state index contributed by atoms with van der Waals surface area (Å²) in [5.74, 6) is 1.93. The number of imidazole rings is 1. The Morgan fingerprint density at radius 1 is 1.10 bits per heavy atom. The van der Waals surface area contributed by atoms with Crippen LogP contribution in [0, 0.1) is 5.92 Å². The fourth-order valence-electron chi connectivity index (χ4n) is 5.17. The van der Waals surface area contributed by atoms with Crippen LogP contribution in [0.1, 0.15) is 12.8 Å². The molecule has 0 aliphatic carbocycles. The molecular formula is C24H25N5O2. The molecule has 2 aromatic heterocycles. The van der Waals surface area contributed by atoms with Crippen LogP contribution in [-0.2, 0) is 0 Å². The van der Waals surface area contributed by atoms with Crippen molar-refractivity contribution in [1.29, 1.82) is 0 Å². The highest BCUT2D eigenvalue weighted by Crippen LogP contribution is 2.36. The number of aromatic nitrogens is 3. The minimum atomic E-state index is -0.163. The van der Waals surface area contributed by atoms with Crippen molar-refractivity contribution in [2.75, 3.05) is 32.1 Å². The SMILES string of the molecule is COc1ccc2c(N[C@H]3CN4CCC3CC4)c(-c3nc4ccccc4[nH]3)c(=O)[nH]c2c1. The topological polar surface area (TPSA) is 86.0 Å². The highest BCUT2D eigenvalue weighted by molar-refractivity contribution is 5.99. The maximum absolute atomic E-state index is 13.3. The van der Waals surface area contributed by atoms with E-state index in [2.05, 4.69) is 20.2 Å². The highest BCUT2D eigenvalue weighted by Gasteiger charge is 2.35. The largest absolute Gasteiger partial charge is 0.497 e. The zero-order valence-corrected chi connectivity index (χ0v) is 17.4. The Hall–Kier alpha value is -3.32. The van der Waals surface area contributed by atoms with Gasteiger partial charge in [-0.15, -0.1) is 0 Å². The van der Waals surface area contributed by atoms with E-state index in [1.165, 1.54) is 25.9 Å². The number of nitrogens with one attached hydrogen (secondary N) is 3. The van der Waals surface area contributed by atoms with Crippen molar-refractivity contribution in [3.8, 4) is 17.1 Å². The minimum Gasteiger partial charge on any atom is -0.497 e. The molecule has 7 nitrogen and oxygen atoms in total. The molecule has 3 aliphatic heterocycles. The van der Waals surface area contributed by atoms with Gasteiger partial charge in [0.1, 0.15) is 17.1 Å². The van der Waals surface area contributed by atoms with E-state index < -0.39 is 0 Å². The number of para-hydroxylation sites is 2. The second-order valence-corrected chi connectivity index (χ2v) is 8.61. The molecule has 0 radical (unpaired) electrons. The van der Waals surface area contributed by atoms with E-state index in [1.54, 1.807) is 7.11 Å². The Bertz CT molecular complexity index is 1300. The number of rotatable bonds is 4. The number of nitrogens with zero attached hydrogens (tertiary/aromatic N) is 2. The molecule has 3 N–H and O–H groups in total. The van der Waals surface area contributed by atoms with Gasteiger partial charge in [0.2, 0.25) is 0 Å². The van der Waals surface area contributed by atoms with Gasteiger partial charge in [-0.3, -0.25) is 4.79 Å². The van der Waals surface area contributed by atoms with Crippen LogP contribution in [0.3, 0.4) is 0 Å². The molecule has 4 aromatic rings. The first-order valence-corrected chi connectivity index (χ1v) is 10.9. The molecular weight excluding hydrogens is 390 g/mol. The molecule has 0 amide bonds. The van der Waals surface area contributed by atoms with Crippen LogP contribution in [0.5, 0.6) is 5.75 Å². The van der Waals surface area contributed by atoms with Crippen molar-refractivity contribution in [2.24, 2.45) is 5.92 Å². The molecule has 1 atom stereocenters. The summed E-state index contributed by atoms with van der Waals surface area (Å²) in [4.78, 5) is 27.0. The lowest BCUT2D eigenvalue weighted by atomic mass is 9.83. The molecule has 3 aliphatic rings. The molecule has 0 saturated carbocycles. The number of methoxy groups -OCH3 is 1. The molecule has 2 aromatic carbocycles. The first-order valence-electron chi connectivity index (χ1n) is 10.9. The zero-order chi connectivity index (χ0) is 20.9. The first kappa shape index (κ1) is 18.4. The Labute approximate surface area is 179 Å². The Kier molecular flexibility index (Phi) is 4.24. The standard InChI is InChI=1S/C24H25N5O2/c1-31-15-6-7-16-19(12-15)28-24(30)21(23-26-17-4-2-3-5-18(17)27-23)22(16)25-20-13-29-10-8-14(20)9-11-29/h2-7,12,14,20H,8-11,13H2,1H3,(H,26,27)(H2,25,28,30)/t20-/m0/s1. The maximum Gasteiger partial charge on any atom is 0.261 e. The Balaban J connectivity index is 1.55. The molecule has 31 heavy (non-hydrogen) atoms. The predicted molar refractivity (Wildman–Crippen MR) is 123 cm³/mol. The zero-order valence-electron chi connectivity index (χ0n) is 17.4. The summed E-state index contributed by atoms with van der Waals surface area (Å²) in [6.45, 7) is 3.36. The van der Waals surface area contributed by atoms with Gasteiger partial charge in [0.25, 0.3) is 5.56 Å². The third-order valence-corrected chi connectivity index (χ3v) is 6.83. The summed E-state index contributed by atoms with van der Waals surface area (Å²) in [6, 6.07) is 14.0. The molecule has 5 heterocycles. The van der Waals surface area contributed by atoms with E-state index in [0.717, 1.165) is 34.2 Å². The van der Waals surface area contributed by atoms with Gasteiger partial charge in [-0.25, -0.2) is 4.98 Å². The van der Waals surface area contributed by atoms with Crippen LogP contribution in [0.25, 0.3) is 33.3 Å². The minimum absolute atomic E-state index is 0.163. The fraction of sp³-hybridized carbons (Fsp3) is 0.333. The second-order valence-electron chi connectivity index (χ2n) is 8.61. The molecule has 0 unspecified atom stereocenters. The van der Waals surface area contributed by atoms with Gasteiger partial charge >= 0.3 is 0 Å². The second kappa shape index (κ2) is 7.13. The monoisotopic (exact) mass is 415 g/mol. The van der Waals surface area contributed by atoms with Gasteiger partial charge in [0.05, 0.1) is 29.3 Å². The van der Waals surface area contributed by atoms with E-state index in [-0.39, 0.29) is 5.56 Å².